The lowest BCUT2D eigenvalue weighted by atomic mass is 9.84. The van der Waals surface area contributed by atoms with Crippen molar-refractivity contribution < 1.29 is 14.0 Å². The molecule has 0 spiro atoms. The van der Waals surface area contributed by atoms with Gasteiger partial charge in [-0.1, -0.05) is 57.2 Å². The third-order valence-electron chi connectivity index (χ3n) is 5.53. The Morgan fingerprint density at radius 1 is 0.742 bits per heavy atom. The molecule has 1 aromatic heterocycles. The molecular formula is C26H30N2O3. The summed E-state index contributed by atoms with van der Waals surface area (Å²) in [6, 6.07) is 21.5. The quantitative estimate of drug-likeness (QED) is 0.531. The number of rotatable bonds is 8. The molecule has 0 aliphatic rings. The van der Waals surface area contributed by atoms with E-state index in [0.29, 0.717) is 16.9 Å². The van der Waals surface area contributed by atoms with Crippen molar-refractivity contribution in [3.05, 3.63) is 95.4 Å². The molecule has 0 aliphatic heterocycles. The van der Waals surface area contributed by atoms with E-state index in [1.807, 2.05) is 62.4 Å². The lowest BCUT2D eigenvalue weighted by Crippen LogP contribution is -2.48. The fraction of sp³-hybridized carbons (Fsp3) is 0.308. The number of furan rings is 1. The first-order valence-corrected chi connectivity index (χ1v) is 10.6. The Balaban J connectivity index is 1.86. The van der Waals surface area contributed by atoms with E-state index in [0.717, 1.165) is 5.76 Å². The summed E-state index contributed by atoms with van der Waals surface area (Å²) in [5, 5.41) is 6.30. The summed E-state index contributed by atoms with van der Waals surface area (Å²) in [4.78, 5) is 25.8. The van der Waals surface area contributed by atoms with Crippen LogP contribution in [0.3, 0.4) is 0 Å². The number of carbonyl (C=O) groups is 2. The minimum atomic E-state index is -0.398. The van der Waals surface area contributed by atoms with Crippen LogP contribution in [0.25, 0.3) is 0 Å². The normalized spacial score (nSPS) is 14.0. The van der Waals surface area contributed by atoms with Crippen molar-refractivity contribution in [2.45, 2.75) is 39.8 Å². The molecule has 0 fully saturated rings. The highest BCUT2D eigenvalue weighted by molar-refractivity contribution is 5.95. The maximum atomic E-state index is 12.9. The molecule has 0 bridgehead atoms. The molecule has 3 aromatic rings. The number of amides is 2. The van der Waals surface area contributed by atoms with Gasteiger partial charge in [-0.3, -0.25) is 9.59 Å². The number of hydrogen-bond acceptors (Lipinski definition) is 3. The summed E-state index contributed by atoms with van der Waals surface area (Å²) >= 11 is 0. The number of nitrogens with one attached hydrogen (secondary N) is 2. The van der Waals surface area contributed by atoms with Gasteiger partial charge in [0.25, 0.3) is 11.8 Å². The van der Waals surface area contributed by atoms with Crippen LogP contribution in [0.15, 0.2) is 77.2 Å². The van der Waals surface area contributed by atoms with Crippen molar-refractivity contribution in [3.63, 3.8) is 0 Å². The zero-order valence-electron chi connectivity index (χ0n) is 18.5. The topological polar surface area (TPSA) is 71.3 Å². The Labute approximate surface area is 183 Å². The predicted molar refractivity (Wildman–Crippen MR) is 122 cm³/mol. The third-order valence-corrected chi connectivity index (χ3v) is 5.53. The van der Waals surface area contributed by atoms with Crippen molar-refractivity contribution in [1.82, 2.24) is 10.6 Å². The van der Waals surface area contributed by atoms with Crippen molar-refractivity contribution in [1.29, 1.82) is 0 Å². The van der Waals surface area contributed by atoms with E-state index in [1.165, 1.54) is 0 Å². The number of aryl methyl sites for hydroxylation is 1. The molecule has 0 radical (unpaired) electrons. The van der Waals surface area contributed by atoms with Crippen LogP contribution in [0.1, 0.15) is 59.0 Å². The summed E-state index contributed by atoms with van der Waals surface area (Å²) in [6.45, 7) is 8.04. The summed E-state index contributed by atoms with van der Waals surface area (Å²) in [7, 11) is 0. The van der Waals surface area contributed by atoms with Crippen LogP contribution < -0.4 is 10.6 Å². The lowest BCUT2D eigenvalue weighted by molar-refractivity contribution is 0.0860. The number of benzene rings is 2. The van der Waals surface area contributed by atoms with Gasteiger partial charge in [-0.05, 0) is 49.2 Å². The van der Waals surface area contributed by atoms with Gasteiger partial charge in [-0.2, -0.15) is 0 Å². The van der Waals surface area contributed by atoms with Gasteiger partial charge in [-0.25, -0.2) is 0 Å². The molecule has 1 heterocycles. The molecule has 2 amide bonds. The zero-order valence-corrected chi connectivity index (χ0v) is 18.5. The molecule has 2 N–H and O–H groups in total. The maximum absolute atomic E-state index is 12.9. The monoisotopic (exact) mass is 418 g/mol. The van der Waals surface area contributed by atoms with Gasteiger partial charge >= 0.3 is 0 Å². The van der Waals surface area contributed by atoms with Crippen LogP contribution in [-0.4, -0.2) is 17.9 Å². The van der Waals surface area contributed by atoms with Crippen LogP contribution in [0.5, 0.6) is 0 Å². The van der Waals surface area contributed by atoms with E-state index in [4.69, 9.17) is 4.42 Å². The Morgan fingerprint density at radius 2 is 1.26 bits per heavy atom. The van der Waals surface area contributed by atoms with Gasteiger partial charge in [0.2, 0.25) is 0 Å². The van der Waals surface area contributed by atoms with Crippen LogP contribution >= 0.6 is 0 Å². The van der Waals surface area contributed by atoms with Crippen molar-refractivity contribution in [2.75, 3.05) is 0 Å². The minimum absolute atomic E-state index is 0.120. The highest BCUT2D eigenvalue weighted by Gasteiger charge is 2.33. The molecule has 31 heavy (non-hydrogen) atoms. The van der Waals surface area contributed by atoms with Gasteiger partial charge in [0.1, 0.15) is 11.5 Å². The first kappa shape index (κ1) is 22.3. The highest BCUT2D eigenvalue weighted by Crippen LogP contribution is 2.30. The number of carbonyl (C=O) groups excluding carboxylic acids is 2. The van der Waals surface area contributed by atoms with Gasteiger partial charge in [-0.15, -0.1) is 0 Å². The molecule has 162 valence electrons. The highest BCUT2D eigenvalue weighted by atomic mass is 16.3. The van der Waals surface area contributed by atoms with Gasteiger partial charge in [0.15, 0.2) is 0 Å². The van der Waals surface area contributed by atoms with E-state index < -0.39 is 6.04 Å². The van der Waals surface area contributed by atoms with Gasteiger partial charge in [0.05, 0.1) is 6.04 Å². The molecule has 5 heteroatoms. The lowest BCUT2D eigenvalue weighted by Gasteiger charge is -2.34. The molecule has 3 atom stereocenters. The third kappa shape index (κ3) is 5.63. The molecule has 0 saturated heterocycles. The van der Waals surface area contributed by atoms with Gasteiger partial charge in [0, 0.05) is 23.1 Å². The second-order valence-corrected chi connectivity index (χ2v) is 8.23. The van der Waals surface area contributed by atoms with Crippen LogP contribution in [0, 0.1) is 18.8 Å². The van der Waals surface area contributed by atoms with E-state index in [9.17, 15) is 9.59 Å². The van der Waals surface area contributed by atoms with Crippen LogP contribution in [0.4, 0.5) is 0 Å². The summed E-state index contributed by atoms with van der Waals surface area (Å²) in [5.41, 5.74) is 1.19. The SMILES string of the molecule is Cc1ccc([C@H](NC(=O)c2ccccc2)[C@@H](C)[C@H](NC(=O)c2ccccc2)C(C)C)o1. The second kappa shape index (κ2) is 10.1. The van der Waals surface area contributed by atoms with E-state index in [-0.39, 0.29) is 29.7 Å². The summed E-state index contributed by atoms with van der Waals surface area (Å²) < 4.78 is 5.90. The van der Waals surface area contributed by atoms with E-state index in [2.05, 4.69) is 24.5 Å². The Morgan fingerprint density at radius 3 is 1.71 bits per heavy atom. The molecular weight excluding hydrogens is 388 g/mol. The standard InChI is InChI=1S/C26H30N2O3/c1-17(2)23(27-25(29)20-11-7-5-8-12-20)19(4)24(22-16-15-18(3)31-22)28-26(30)21-13-9-6-10-14-21/h5-17,19,23-24H,1-4H3,(H,27,29)(H,28,30)/t19-,23+,24+/m0/s1. The molecule has 0 unspecified atom stereocenters. The van der Waals surface area contributed by atoms with E-state index in [1.54, 1.807) is 24.3 Å². The summed E-state index contributed by atoms with van der Waals surface area (Å²) in [6.07, 6.45) is 0. The first-order chi connectivity index (χ1) is 14.9. The average Bonchev–Trinajstić information content (AvgIpc) is 3.21. The molecule has 5 nitrogen and oxygen atoms in total. The molecule has 0 saturated carbocycles. The largest absolute Gasteiger partial charge is 0.464 e. The van der Waals surface area contributed by atoms with Gasteiger partial charge < -0.3 is 15.1 Å². The Hall–Kier alpha value is -3.34. The van der Waals surface area contributed by atoms with Crippen LogP contribution in [0.2, 0.25) is 0 Å². The zero-order chi connectivity index (χ0) is 22.4. The van der Waals surface area contributed by atoms with Crippen molar-refractivity contribution >= 4 is 11.8 Å². The van der Waals surface area contributed by atoms with Crippen LogP contribution in [-0.2, 0) is 0 Å². The van der Waals surface area contributed by atoms with Crippen molar-refractivity contribution in [3.8, 4) is 0 Å². The smallest absolute Gasteiger partial charge is 0.251 e. The summed E-state index contributed by atoms with van der Waals surface area (Å²) in [5.74, 6) is 1.17. The molecule has 0 aliphatic carbocycles. The maximum Gasteiger partial charge on any atom is 0.251 e. The predicted octanol–water partition coefficient (Wildman–Crippen LogP) is 5.15. The Bertz CT molecular complexity index is 996. The number of hydrogen-bond donors (Lipinski definition) is 2. The van der Waals surface area contributed by atoms with E-state index >= 15 is 0 Å². The fourth-order valence-electron chi connectivity index (χ4n) is 3.83. The van der Waals surface area contributed by atoms with Crippen molar-refractivity contribution in [2.24, 2.45) is 11.8 Å². The molecule has 3 rings (SSSR count). The average molecular weight is 419 g/mol. The first-order valence-electron chi connectivity index (χ1n) is 10.6. The Kier molecular flexibility index (Phi) is 7.29. The molecule has 2 aromatic carbocycles. The second-order valence-electron chi connectivity index (χ2n) is 8.23. The fourth-order valence-corrected chi connectivity index (χ4v) is 3.83. The minimum Gasteiger partial charge on any atom is -0.464 e.